The number of ether oxygens (including phenoxy) is 3. The van der Waals surface area contributed by atoms with Gasteiger partial charge in [0.2, 0.25) is 5.95 Å². The van der Waals surface area contributed by atoms with Crippen LogP contribution in [0, 0.1) is 0 Å². The number of aromatic nitrogens is 3. The van der Waals surface area contributed by atoms with E-state index in [-0.39, 0.29) is 48.7 Å². The zero-order valence-corrected chi connectivity index (χ0v) is 20.3. The molecule has 2 aromatic rings. The number of unbranched alkanes of at least 4 members (excludes halogenated alkanes) is 3. The molecular weight excluding hydrogens is 482 g/mol. The summed E-state index contributed by atoms with van der Waals surface area (Å²) in [5.41, 5.74) is 5.39. The molecule has 6 N–H and O–H groups in total. The third-order valence-electron chi connectivity index (χ3n) is 5.72. The average molecular weight is 516 g/mol. The number of carbonyl (C=O) groups is 1. The molecule has 1 aliphatic heterocycles. The number of nitrogens with zero attached hydrogens (tertiary/aromatic N) is 2. The van der Waals surface area contributed by atoms with Crippen molar-refractivity contribution in [1.82, 2.24) is 19.9 Å². The molecule has 0 saturated carbocycles. The molecule has 1 amide bonds. The normalized spacial score (nSPS) is 20.0. The summed E-state index contributed by atoms with van der Waals surface area (Å²) in [6, 6.07) is 0. The highest BCUT2D eigenvalue weighted by molar-refractivity contribution is 6.17. The molecule has 0 bridgehead atoms. The Morgan fingerprint density at radius 3 is 2.71 bits per heavy atom. The number of rotatable bonds is 15. The van der Waals surface area contributed by atoms with Crippen LogP contribution in [-0.2, 0) is 14.2 Å². The van der Waals surface area contributed by atoms with Gasteiger partial charge in [0.25, 0.3) is 11.5 Å². The third kappa shape index (κ3) is 7.38. The van der Waals surface area contributed by atoms with Crippen molar-refractivity contribution < 1.29 is 29.2 Å². The van der Waals surface area contributed by atoms with Crippen LogP contribution in [0.4, 0.5) is 5.95 Å². The van der Waals surface area contributed by atoms with Gasteiger partial charge in [0.15, 0.2) is 5.65 Å². The largest absolute Gasteiger partial charge is 0.394 e. The van der Waals surface area contributed by atoms with E-state index < -0.39 is 29.9 Å². The summed E-state index contributed by atoms with van der Waals surface area (Å²) in [6.07, 6.45) is 3.44. The topological polar surface area (TPSA) is 174 Å². The summed E-state index contributed by atoms with van der Waals surface area (Å²) in [7, 11) is 0. The minimum Gasteiger partial charge on any atom is -0.394 e. The fraction of sp³-hybridized carbons (Fsp3) is 0.682. The molecular formula is C22H34ClN5O7. The number of carbonyl (C=O) groups excluding carboxylic acids is 1. The van der Waals surface area contributed by atoms with E-state index in [9.17, 15) is 19.8 Å². The molecule has 3 heterocycles. The first kappa shape index (κ1) is 27.4. The Morgan fingerprint density at radius 1 is 1.26 bits per heavy atom. The van der Waals surface area contributed by atoms with Gasteiger partial charge in [-0.3, -0.25) is 14.6 Å². The van der Waals surface area contributed by atoms with Crippen molar-refractivity contribution in [1.29, 1.82) is 0 Å². The number of aliphatic hydroxyl groups excluding tert-OH is 2. The molecule has 35 heavy (non-hydrogen) atoms. The fourth-order valence-corrected chi connectivity index (χ4v) is 4.11. The monoisotopic (exact) mass is 515 g/mol. The summed E-state index contributed by atoms with van der Waals surface area (Å²) < 4.78 is 18.1. The van der Waals surface area contributed by atoms with E-state index in [1.54, 1.807) is 0 Å². The van der Waals surface area contributed by atoms with Gasteiger partial charge in [-0.15, -0.1) is 11.6 Å². The predicted molar refractivity (Wildman–Crippen MR) is 130 cm³/mol. The second kappa shape index (κ2) is 13.8. The molecule has 13 heteroatoms. The van der Waals surface area contributed by atoms with Gasteiger partial charge in [0.05, 0.1) is 43.5 Å². The number of anilines is 1. The van der Waals surface area contributed by atoms with E-state index in [1.165, 1.54) is 10.8 Å². The van der Waals surface area contributed by atoms with Crippen molar-refractivity contribution in [3.63, 3.8) is 0 Å². The number of amides is 1. The lowest BCUT2D eigenvalue weighted by Gasteiger charge is -2.14. The van der Waals surface area contributed by atoms with Crippen LogP contribution < -0.4 is 16.6 Å². The number of H-pyrrole nitrogens is 1. The van der Waals surface area contributed by atoms with E-state index in [2.05, 4.69) is 15.3 Å². The van der Waals surface area contributed by atoms with Crippen LogP contribution in [0.25, 0.3) is 11.0 Å². The predicted octanol–water partition coefficient (Wildman–Crippen LogP) is 0.510. The van der Waals surface area contributed by atoms with Crippen LogP contribution >= 0.6 is 11.6 Å². The molecule has 196 valence electrons. The highest BCUT2D eigenvalue weighted by atomic mass is 35.5. The van der Waals surface area contributed by atoms with E-state index in [0.29, 0.717) is 25.7 Å². The third-order valence-corrected chi connectivity index (χ3v) is 5.98. The zero-order valence-electron chi connectivity index (χ0n) is 19.6. The molecule has 1 saturated heterocycles. The van der Waals surface area contributed by atoms with Crippen molar-refractivity contribution in [2.45, 2.75) is 50.5 Å². The molecule has 0 aromatic carbocycles. The standard InChI is InChI=1S/C22H34ClN5O7/c23-5-3-1-2-4-7-33-9-10-34-8-6-25-20(31)14-12-28(17-11-15(30)16(13-29)35-17)19-18(14)21(32)27-22(24)26-19/h12,15-17,29-30H,1-11,13H2,(H,25,31)(H3,24,26,27,32)/t15?,16?,17-/m1/s1. The Balaban J connectivity index is 1.51. The number of nitrogens with one attached hydrogen (secondary N) is 2. The van der Waals surface area contributed by atoms with Crippen molar-refractivity contribution >= 4 is 34.5 Å². The van der Waals surface area contributed by atoms with Gasteiger partial charge >= 0.3 is 0 Å². The van der Waals surface area contributed by atoms with E-state index in [1.807, 2.05) is 0 Å². The number of nitrogen functional groups attached to an aromatic ring is 1. The first-order valence-electron chi connectivity index (χ1n) is 11.8. The van der Waals surface area contributed by atoms with Crippen molar-refractivity contribution in [3.8, 4) is 0 Å². The lowest BCUT2D eigenvalue weighted by Crippen LogP contribution is -2.28. The first-order valence-corrected chi connectivity index (χ1v) is 12.3. The van der Waals surface area contributed by atoms with Gasteiger partial charge < -0.3 is 40.0 Å². The van der Waals surface area contributed by atoms with E-state index in [4.69, 9.17) is 31.5 Å². The Kier molecular flexibility index (Phi) is 10.8. The number of hydrogen-bond acceptors (Lipinski definition) is 9. The highest BCUT2D eigenvalue weighted by Gasteiger charge is 2.36. The average Bonchev–Trinajstić information content (AvgIpc) is 3.40. The van der Waals surface area contributed by atoms with Gasteiger partial charge in [-0.25, -0.2) is 0 Å². The molecule has 0 spiro atoms. The minimum absolute atomic E-state index is 0.0580. The number of alkyl halides is 1. The smallest absolute Gasteiger partial charge is 0.262 e. The van der Waals surface area contributed by atoms with Gasteiger partial charge in [0.1, 0.15) is 12.3 Å². The minimum atomic E-state index is -0.893. The second-order valence-corrected chi connectivity index (χ2v) is 8.68. The summed E-state index contributed by atoms with van der Waals surface area (Å²) >= 11 is 5.64. The SMILES string of the molecule is Nc1nc2c(c(C(=O)NCCOCCOCCCCCCCl)cn2[C@H]2CC(O)C(CO)O2)c(=O)[nH]1. The molecule has 0 radical (unpaired) electrons. The van der Waals surface area contributed by atoms with Crippen molar-refractivity contribution in [2.24, 2.45) is 0 Å². The lowest BCUT2D eigenvalue weighted by molar-refractivity contribution is -0.0430. The van der Waals surface area contributed by atoms with Crippen molar-refractivity contribution in [3.05, 3.63) is 22.1 Å². The summed E-state index contributed by atoms with van der Waals surface area (Å²) in [5.74, 6) is 0.0937. The quantitative estimate of drug-likeness (QED) is 0.167. The number of hydrogen-bond donors (Lipinski definition) is 5. The number of aliphatic hydroxyl groups is 2. The summed E-state index contributed by atoms with van der Waals surface area (Å²) in [4.78, 5) is 32.0. The highest BCUT2D eigenvalue weighted by Crippen LogP contribution is 2.32. The van der Waals surface area contributed by atoms with Crippen LogP contribution in [0.15, 0.2) is 11.0 Å². The molecule has 12 nitrogen and oxygen atoms in total. The molecule has 2 aromatic heterocycles. The maximum Gasteiger partial charge on any atom is 0.262 e. The molecule has 1 aliphatic rings. The lowest BCUT2D eigenvalue weighted by atomic mass is 10.2. The van der Waals surface area contributed by atoms with Gasteiger partial charge in [-0.1, -0.05) is 12.8 Å². The van der Waals surface area contributed by atoms with Crippen LogP contribution in [0.2, 0.25) is 0 Å². The van der Waals surface area contributed by atoms with Crippen LogP contribution in [-0.4, -0.2) is 88.3 Å². The van der Waals surface area contributed by atoms with E-state index >= 15 is 0 Å². The number of aromatic amines is 1. The fourth-order valence-electron chi connectivity index (χ4n) is 3.92. The van der Waals surface area contributed by atoms with E-state index in [0.717, 1.165) is 25.7 Å². The van der Waals surface area contributed by atoms with Gasteiger partial charge in [-0.05, 0) is 12.8 Å². The Labute approximate surface area is 207 Å². The number of halogens is 1. The number of nitrogens with two attached hydrogens (primary N) is 1. The van der Waals surface area contributed by atoms with Gasteiger partial charge in [-0.2, -0.15) is 4.98 Å². The molecule has 3 rings (SSSR count). The van der Waals surface area contributed by atoms with Crippen LogP contribution in [0.1, 0.15) is 48.7 Å². The Morgan fingerprint density at radius 2 is 2.00 bits per heavy atom. The number of fused-ring (bicyclic) bond motifs is 1. The van der Waals surface area contributed by atoms with Gasteiger partial charge in [0, 0.05) is 31.6 Å². The van der Waals surface area contributed by atoms with Crippen molar-refractivity contribution in [2.75, 3.05) is 51.2 Å². The summed E-state index contributed by atoms with van der Waals surface area (Å²) in [5, 5.41) is 22.2. The maximum atomic E-state index is 12.8. The summed E-state index contributed by atoms with van der Waals surface area (Å²) in [6.45, 7) is 1.71. The second-order valence-electron chi connectivity index (χ2n) is 8.30. The Bertz CT molecular complexity index is 1010. The molecule has 0 aliphatic carbocycles. The maximum absolute atomic E-state index is 12.8. The molecule has 2 unspecified atom stereocenters. The Hall–Kier alpha value is -2.22. The first-order chi connectivity index (χ1) is 17.0. The van der Waals surface area contributed by atoms with Crippen LogP contribution in [0.5, 0.6) is 0 Å². The molecule has 3 atom stereocenters. The zero-order chi connectivity index (χ0) is 25.2. The van der Waals surface area contributed by atoms with Crippen LogP contribution in [0.3, 0.4) is 0 Å². The molecule has 1 fully saturated rings.